The lowest BCUT2D eigenvalue weighted by Gasteiger charge is -2.10. The average molecular weight is 364 g/mol. The van der Waals surface area contributed by atoms with Gasteiger partial charge in [0.1, 0.15) is 0 Å². The van der Waals surface area contributed by atoms with E-state index in [1.165, 1.54) is 11.8 Å². The summed E-state index contributed by atoms with van der Waals surface area (Å²) >= 11 is 7.25. The number of aryl methyl sites for hydroxylation is 1. The number of carbonyl (C=O) groups excluding carboxylic acids is 2. The van der Waals surface area contributed by atoms with Gasteiger partial charge in [-0.3, -0.25) is 4.79 Å². The molecule has 2 aromatic rings. The number of esters is 1. The van der Waals surface area contributed by atoms with E-state index in [1.807, 2.05) is 19.1 Å². The zero-order valence-corrected chi connectivity index (χ0v) is 15.0. The van der Waals surface area contributed by atoms with Gasteiger partial charge in [-0.2, -0.15) is 0 Å². The van der Waals surface area contributed by atoms with E-state index in [0.29, 0.717) is 22.9 Å². The monoisotopic (exact) mass is 363 g/mol. The van der Waals surface area contributed by atoms with Gasteiger partial charge in [-0.05, 0) is 55.8 Å². The highest BCUT2D eigenvalue weighted by Crippen LogP contribution is 2.22. The zero-order valence-electron chi connectivity index (χ0n) is 13.5. The minimum Gasteiger partial charge on any atom is -0.462 e. The van der Waals surface area contributed by atoms with Crippen LogP contribution in [0.1, 0.15) is 22.8 Å². The molecular formula is C18H18ClNO3S. The topological polar surface area (TPSA) is 55.4 Å². The number of thioether (sulfide) groups is 1. The van der Waals surface area contributed by atoms with Gasteiger partial charge in [0.2, 0.25) is 5.91 Å². The van der Waals surface area contributed by atoms with Crippen LogP contribution in [0.15, 0.2) is 47.4 Å². The summed E-state index contributed by atoms with van der Waals surface area (Å²) in [5.74, 6) is -0.271. The molecule has 0 saturated carbocycles. The highest BCUT2D eigenvalue weighted by atomic mass is 35.5. The molecule has 0 aliphatic heterocycles. The van der Waals surface area contributed by atoms with Crippen molar-refractivity contribution in [3.05, 3.63) is 58.6 Å². The number of rotatable bonds is 6. The lowest BCUT2D eigenvalue weighted by molar-refractivity contribution is -0.113. The Balaban J connectivity index is 1.98. The largest absolute Gasteiger partial charge is 0.462 e. The molecule has 24 heavy (non-hydrogen) atoms. The van der Waals surface area contributed by atoms with Crippen LogP contribution < -0.4 is 5.32 Å². The molecule has 0 aliphatic rings. The fourth-order valence-electron chi connectivity index (χ4n) is 1.96. The van der Waals surface area contributed by atoms with Crippen molar-refractivity contribution in [1.82, 2.24) is 0 Å². The lowest BCUT2D eigenvalue weighted by atomic mass is 10.1. The smallest absolute Gasteiger partial charge is 0.338 e. The third-order valence-electron chi connectivity index (χ3n) is 3.21. The summed E-state index contributed by atoms with van der Waals surface area (Å²) < 4.78 is 4.98. The van der Waals surface area contributed by atoms with Crippen molar-refractivity contribution in [2.75, 3.05) is 17.7 Å². The maximum Gasteiger partial charge on any atom is 0.338 e. The molecule has 0 aliphatic carbocycles. The third kappa shape index (κ3) is 5.28. The number of halogens is 1. The fourth-order valence-corrected chi connectivity index (χ4v) is 2.79. The summed E-state index contributed by atoms with van der Waals surface area (Å²) in [4.78, 5) is 24.9. The van der Waals surface area contributed by atoms with Crippen molar-refractivity contribution < 1.29 is 14.3 Å². The van der Waals surface area contributed by atoms with Gasteiger partial charge in [-0.25, -0.2) is 4.79 Å². The number of carbonyl (C=O) groups is 2. The molecule has 4 nitrogen and oxygen atoms in total. The normalized spacial score (nSPS) is 10.3. The van der Waals surface area contributed by atoms with Crippen molar-refractivity contribution >= 4 is 40.9 Å². The van der Waals surface area contributed by atoms with Crippen LogP contribution in [0.5, 0.6) is 0 Å². The number of anilines is 1. The van der Waals surface area contributed by atoms with Gasteiger partial charge in [0.25, 0.3) is 0 Å². The molecule has 0 unspecified atom stereocenters. The molecule has 0 atom stereocenters. The van der Waals surface area contributed by atoms with Crippen molar-refractivity contribution in [2.24, 2.45) is 0 Å². The number of nitrogens with one attached hydrogen (secondary N) is 1. The summed E-state index contributed by atoms with van der Waals surface area (Å²) in [6.07, 6.45) is 0. The molecule has 0 saturated heterocycles. The molecule has 0 radical (unpaired) electrons. The highest BCUT2D eigenvalue weighted by molar-refractivity contribution is 8.00. The van der Waals surface area contributed by atoms with Crippen LogP contribution in [0.25, 0.3) is 0 Å². The van der Waals surface area contributed by atoms with E-state index in [4.69, 9.17) is 16.3 Å². The summed E-state index contributed by atoms with van der Waals surface area (Å²) in [6, 6.07) is 12.4. The van der Waals surface area contributed by atoms with Crippen molar-refractivity contribution in [2.45, 2.75) is 18.7 Å². The Labute approximate surface area is 150 Å². The predicted octanol–water partition coefficient (Wildman–Crippen LogP) is 4.56. The number of amides is 1. The molecule has 1 amide bonds. The van der Waals surface area contributed by atoms with Gasteiger partial charge in [-0.15, -0.1) is 11.8 Å². The molecule has 0 heterocycles. The van der Waals surface area contributed by atoms with Crippen LogP contribution in [0, 0.1) is 6.92 Å². The van der Waals surface area contributed by atoms with Crippen LogP contribution in [-0.2, 0) is 9.53 Å². The average Bonchev–Trinajstić information content (AvgIpc) is 2.56. The second-order valence-electron chi connectivity index (χ2n) is 5.04. The van der Waals surface area contributed by atoms with E-state index in [2.05, 4.69) is 5.32 Å². The van der Waals surface area contributed by atoms with Gasteiger partial charge in [0.05, 0.1) is 17.9 Å². The van der Waals surface area contributed by atoms with E-state index in [0.717, 1.165) is 10.5 Å². The highest BCUT2D eigenvalue weighted by Gasteiger charge is 2.11. The van der Waals surface area contributed by atoms with Crippen molar-refractivity contribution in [3.8, 4) is 0 Å². The number of ether oxygens (including phenoxy) is 1. The molecule has 0 aromatic heterocycles. The first-order valence-corrected chi connectivity index (χ1v) is 8.82. The van der Waals surface area contributed by atoms with Crippen molar-refractivity contribution in [3.63, 3.8) is 0 Å². The fraction of sp³-hybridized carbons (Fsp3) is 0.222. The minimum atomic E-state index is -0.400. The molecule has 126 valence electrons. The van der Waals surface area contributed by atoms with Gasteiger partial charge in [0, 0.05) is 15.6 Å². The predicted molar refractivity (Wildman–Crippen MR) is 97.9 cm³/mol. The van der Waals surface area contributed by atoms with Crippen LogP contribution >= 0.6 is 23.4 Å². The zero-order chi connectivity index (χ0) is 17.5. The van der Waals surface area contributed by atoms with E-state index in [9.17, 15) is 9.59 Å². The van der Waals surface area contributed by atoms with Crippen LogP contribution in [0.4, 0.5) is 5.69 Å². The minimum absolute atomic E-state index is 0.140. The van der Waals surface area contributed by atoms with Crippen LogP contribution in [0.3, 0.4) is 0 Å². The second kappa shape index (κ2) is 8.76. The number of benzene rings is 2. The summed E-state index contributed by atoms with van der Waals surface area (Å²) in [5.41, 5.74) is 1.92. The summed E-state index contributed by atoms with van der Waals surface area (Å²) in [7, 11) is 0. The Morgan fingerprint density at radius 3 is 2.54 bits per heavy atom. The lowest BCUT2D eigenvalue weighted by Crippen LogP contribution is -2.15. The molecular weight excluding hydrogens is 346 g/mol. The van der Waals surface area contributed by atoms with Crippen LogP contribution in [0.2, 0.25) is 5.02 Å². The first-order valence-electron chi connectivity index (χ1n) is 7.45. The second-order valence-corrected chi connectivity index (χ2v) is 6.53. The molecule has 0 bridgehead atoms. The number of hydrogen-bond donors (Lipinski definition) is 1. The standard InChI is InChI=1S/C18H18ClNO3S/c1-3-23-18(22)13-5-4-12(2)16(10-13)20-17(21)11-24-15-8-6-14(19)7-9-15/h4-10H,3,11H2,1-2H3,(H,20,21). The maximum atomic E-state index is 12.1. The molecule has 2 aromatic carbocycles. The first-order chi connectivity index (χ1) is 11.5. The SMILES string of the molecule is CCOC(=O)c1ccc(C)c(NC(=O)CSc2ccc(Cl)cc2)c1. The van der Waals surface area contributed by atoms with Gasteiger partial charge in [0.15, 0.2) is 0 Å². The Bertz CT molecular complexity index is 732. The van der Waals surface area contributed by atoms with Gasteiger partial charge < -0.3 is 10.1 Å². The van der Waals surface area contributed by atoms with E-state index < -0.39 is 5.97 Å². The Kier molecular flexibility index (Phi) is 6.70. The van der Waals surface area contributed by atoms with E-state index in [1.54, 1.807) is 37.3 Å². The van der Waals surface area contributed by atoms with Gasteiger partial charge >= 0.3 is 5.97 Å². The van der Waals surface area contributed by atoms with Gasteiger partial charge in [-0.1, -0.05) is 17.7 Å². The van der Waals surface area contributed by atoms with E-state index >= 15 is 0 Å². The van der Waals surface area contributed by atoms with Crippen LogP contribution in [-0.4, -0.2) is 24.2 Å². The Morgan fingerprint density at radius 1 is 1.17 bits per heavy atom. The summed E-state index contributed by atoms with van der Waals surface area (Å²) in [5, 5.41) is 3.50. The summed E-state index contributed by atoms with van der Waals surface area (Å²) in [6.45, 7) is 3.94. The Morgan fingerprint density at radius 2 is 1.88 bits per heavy atom. The molecule has 1 N–H and O–H groups in total. The molecule has 2 rings (SSSR count). The molecule has 0 spiro atoms. The molecule has 6 heteroatoms. The quantitative estimate of drug-likeness (QED) is 0.604. The Hall–Kier alpha value is -1.98. The number of hydrogen-bond acceptors (Lipinski definition) is 4. The first kappa shape index (κ1) is 18.4. The molecule has 0 fully saturated rings. The van der Waals surface area contributed by atoms with Crippen molar-refractivity contribution in [1.29, 1.82) is 0 Å². The van der Waals surface area contributed by atoms with E-state index in [-0.39, 0.29) is 11.7 Å². The maximum absolute atomic E-state index is 12.1. The third-order valence-corrected chi connectivity index (χ3v) is 4.47.